The Hall–Kier alpha value is -0.640. The van der Waals surface area contributed by atoms with Gasteiger partial charge in [0.2, 0.25) is 0 Å². The van der Waals surface area contributed by atoms with Gasteiger partial charge in [0.05, 0.1) is 9.85 Å². The van der Waals surface area contributed by atoms with E-state index < -0.39 is 17.0 Å². The second-order valence-corrected chi connectivity index (χ2v) is 5.87. The molecular weight excluding hydrogens is 357 g/mol. The largest absolute Gasteiger partial charge is 0.207 e. The van der Waals surface area contributed by atoms with Gasteiger partial charge in [-0.2, -0.15) is 0 Å². The zero-order chi connectivity index (χ0) is 14.2. The van der Waals surface area contributed by atoms with Gasteiger partial charge in [-0.3, -0.25) is 0 Å². The van der Waals surface area contributed by atoms with E-state index in [1.54, 1.807) is 12.1 Å². The zero-order valence-electron chi connectivity index (χ0n) is 9.85. The van der Waals surface area contributed by atoms with Crippen LogP contribution in [0.5, 0.6) is 0 Å². The second-order valence-electron chi connectivity index (χ2n) is 4.18. The molecule has 0 spiro atoms. The van der Waals surface area contributed by atoms with Crippen LogP contribution in [0.15, 0.2) is 34.8 Å². The highest BCUT2D eigenvalue weighted by Gasteiger charge is 2.20. The van der Waals surface area contributed by atoms with E-state index in [0.717, 1.165) is 17.7 Å². The molecule has 0 heterocycles. The molecule has 1 atom stereocenters. The van der Waals surface area contributed by atoms with E-state index in [1.165, 1.54) is 0 Å². The van der Waals surface area contributed by atoms with Crippen molar-refractivity contribution in [3.63, 3.8) is 0 Å². The predicted octanol–water partition coefficient (Wildman–Crippen LogP) is 6.02. The molecule has 2 aromatic carbocycles. The third-order valence-corrected chi connectivity index (χ3v) is 4.15. The Labute approximate surface area is 128 Å². The minimum absolute atomic E-state index is 0.0626. The summed E-state index contributed by atoms with van der Waals surface area (Å²) in [5, 5.41) is -0.404. The highest BCUT2D eigenvalue weighted by molar-refractivity contribution is 9.10. The maximum atomic E-state index is 13.9. The van der Waals surface area contributed by atoms with Gasteiger partial charge in [-0.25, -0.2) is 8.78 Å². The lowest BCUT2D eigenvalue weighted by atomic mass is 10.0. The van der Waals surface area contributed by atoms with Crippen LogP contribution < -0.4 is 0 Å². The van der Waals surface area contributed by atoms with Crippen LogP contribution in [0.4, 0.5) is 8.78 Å². The molecule has 0 fully saturated rings. The molecule has 1 unspecified atom stereocenters. The number of rotatable bonds is 2. The summed E-state index contributed by atoms with van der Waals surface area (Å²) in [7, 11) is 0. The molecule has 0 aliphatic rings. The van der Waals surface area contributed by atoms with Crippen LogP contribution in [-0.4, -0.2) is 0 Å². The van der Waals surface area contributed by atoms with Crippen molar-refractivity contribution in [1.82, 2.24) is 0 Å². The first-order valence-electron chi connectivity index (χ1n) is 5.44. The van der Waals surface area contributed by atoms with E-state index in [2.05, 4.69) is 15.9 Å². The van der Waals surface area contributed by atoms with Gasteiger partial charge in [0.25, 0.3) is 0 Å². The summed E-state index contributed by atoms with van der Waals surface area (Å²) in [6, 6.07) is 7.41. The number of alkyl halides is 1. The first-order valence-corrected chi connectivity index (χ1v) is 7.05. The summed E-state index contributed by atoms with van der Waals surface area (Å²) in [5.41, 5.74) is 1.59. The first kappa shape index (κ1) is 14.8. The molecule has 0 amide bonds. The SMILES string of the molecule is Cc1ccc(C(Cl)c2cc(F)c(Br)cc2F)c(Cl)c1. The maximum Gasteiger partial charge on any atom is 0.137 e. The van der Waals surface area contributed by atoms with Crippen molar-refractivity contribution in [2.24, 2.45) is 0 Å². The van der Waals surface area contributed by atoms with Crippen molar-refractivity contribution in [3.8, 4) is 0 Å². The van der Waals surface area contributed by atoms with Gasteiger partial charge in [-0.1, -0.05) is 23.7 Å². The van der Waals surface area contributed by atoms with Crippen molar-refractivity contribution in [2.75, 3.05) is 0 Å². The highest BCUT2D eigenvalue weighted by atomic mass is 79.9. The third-order valence-electron chi connectivity index (χ3n) is 2.74. The normalized spacial score (nSPS) is 12.5. The monoisotopic (exact) mass is 364 g/mol. The average Bonchev–Trinajstić information content (AvgIpc) is 2.33. The number of benzene rings is 2. The number of hydrogen-bond donors (Lipinski definition) is 0. The fraction of sp³-hybridized carbons (Fsp3) is 0.143. The second kappa shape index (κ2) is 5.78. The van der Waals surface area contributed by atoms with Crippen LogP contribution in [-0.2, 0) is 0 Å². The zero-order valence-corrected chi connectivity index (χ0v) is 13.0. The van der Waals surface area contributed by atoms with Crippen molar-refractivity contribution in [2.45, 2.75) is 12.3 Å². The molecule has 0 nitrogen and oxygen atoms in total. The maximum absolute atomic E-state index is 13.9. The molecule has 0 aliphatic heterocycles. The lowest BCUT2D eigenvalue weighted by molar-refractivity contribution is 0.582. The molecule has 2 aromatic rings. The van der Waals surface area contributed by atoms with Gasteiger partial charge in [-0.05, 0) is 52.2 Å². The Bertz CT molecular complexity index is 629. The number of hydrogen-bond acceptors (Lipinski definition) is 0. The van der Waals surface area contributed by atoms with E-state index in [0.29, 0.717) is 10.6 Å². The molecule has 5 heteroatoms. The van der Waals surface area contributed by atoms with Crippen molar-refractivity contribution >= 4 is 39.1 Å². The standard InChI is InChI=1S/C14H9BrCl2F2/c1-7-2-3-8(11(16)4-7)14(17)9-5-13(19)10(15)6-12(9)18/h2-6,14H,1H3. The summed E-state index contributed by atoms with van der Waals surface area (Å²) in [5.74, 6) is -1.14. The van der Waals surface area contributed by atoms with Crippen molar-refractivity contribution in [1.29, 1.82) is 0 Å². The fourth-order valence-corrected chi connectivity index (χ4v) is 2.81. The van der Waals surface area contributed by atoms with Gasteiger partial charge in [0, 0.05) is 10.6 Å². The Morgan fingerprint density at radius 3 is 2.37 bits per heavy atom. The third kappa shape index (κ3) is 3.10. The minimum atomic E-state index is -0.837. The van der Waals surface area contributed by atoms with Gasteiger partial charge in [0.1, 0.15) is 11.6 Å². The summed E-state index contributed by atoms with van der Waals surface area (Å²) < 4.78 is 27.4. The molecule has 0 radical (unpaired) electrons. The molecular formula is C14H9BrCl2F2. The van der Waals surface area contributed by atoms with Gasteiger partial charge < -0.3 is 0 Å². The number of halogens is 5. The predicted molar refractivity (Wildman–Crippen MR) is 77.9 cm³/mol. The van der Waals surface area contributed by atoms with Crippen LogP contribution in [0, 0.1) is 18.6 Å². The van der Waals surface area contributed by atoms with Crippen LogP contribution >= 0.6 is 39.1 Å². The van der Waals surface area contributed by atoms with E-state index in [9.17, 15) is 8.78 Å². The van der Waals surface area contributed by atoms with E-state index in [-0.39, 0.29) is 10.0 Å². The quantitative estimate of drug-likeness (QED) is 0.451. The van der Waals surface area contributed by atoms with Crippen LogP contribution in [0.25, 0.3) is 0 Å². The summed E-state index contributed by atoms with van der Waals surface area (Å²) in [6.07, 6.45) is 0. The molecule has 100 valence electrons. The summed E-state index contributed by atoms with van der Waals surface area (Å²) >= 11 is 15.2. The molecule has 19 heavy (non-hydrogen) atoms. The highest BCUT2D eigenvalue weighted by Crippen LogP contribution is 2.36. The Kier molecular flexibility index (Phi) is 4.49. The average molecular weight is 366 g/mol. The minimum Gasteiger partial charge on any atom is -0.207 e. The van der Waals surface area contributed by atoms with E-state index in [1.807, 2.05) is 13.0 Å². The van der Waals surface area contributed by atoms with Crippen LogP contribution in [0.3, 0.4) is 0 Å². The van der Waals surface area contributed by atoms with Gasteiger partial charge >= 0.3 is 0 Å². The molecule has 0 bridgehead atoms. The molecule has 0 aliphatic carbocycles. The Morgan fingerprint density at radius 1 is 1.05 bits per heavy atom. The summed E-state index contributed by atoms with van der Waals surface area (Å²) in [4.78, 5) is 0. The Balaban J connectivity index is 2.49. The smallest absolute Gasteiger partial charge is 0.137 e. The van der Waals surface area contributed by atoms with Gasteiger partial charge in [-0.15, -0.1) is 11.6 Å². The fourth-order valence-electron chi connectivity index (χ4n) is 1.74. The lowest BCUT2D eigenvalue weighted by Crippen LogP contribution is -2.00. The van der Waals surface area contributed by atoms with E-state index in [4.69, 9.17) is 23.2 Å². The summed E-state index contributed by atoms with van der Waals surface area (Å²) in [6.45, 7) is 1.89. The lowest BCUT2D eigenvalue weighted by Gasteiger charge is -2.14. The van der Waals surface area contributed by atoms with Crippen LogP contribution in [0.2, 0.25) is 5.02 Å². The molecule has 0 aromatic heterocycles. The topological polar surface area (TPSA) is 0 Å². The molecule has 2 rings (SSSR count). The molecule has 0 saturated heterocycles. The first-order chi connectivity index (χ1) is 8.90. The van der Waals surface area contributed by atoms with Crippen LogP contribution in [0.1, 0.15) is 22.1 Å². The molecule has 0 N–H and O–H groups in total. The van der Waals surface area contributed by atoms with E-state index >= 15 is 0 Å². The Morgan fingerprint density at radius 2 is 1.74 bits per heavy atom. The molecule has 0 saturated carbocycles. The van der Waals surface area contributed by atoms with Gasteiger partial charge in [0.15, 0.2) is 0 Å². The van der Waals surface area contributed by atoms with Crippen molar-refractivity contribution < 1.29 is 8.78 Å². The van der Waals surface area contributed by atoms with Crippen molar-refractivity contribution in [3.05, 3.63) is 68.2 Å². The number of aryl methyl sites for hydroxylation is 1.